The highest BCUT2D eigenvalue weighted by Gasteiger charge is 2.17. The van der Waals surface area contributed by atoms with Gasteiger partial charge in [0, 0.05) is 11.0 Å². The summed E-state index contributed by atoms with van der Waals surface area (Å²) in [5.74, 6) is 0.243. The highest BCUT2D eigenvalue weighted by molar-refractivity contribution is 9.10. The minimum absolute atomic E-state index is 0.311. The molecule has 0 saturated heterocycles. The number of thiazole rings is 1. The number of carbonyl (C=O) groups is 1. The van der Waals surface area contributed by atoms with Gasteiger partial charge in [-0.05, 0) is 42.0 Å². The molecule has 3 aromatic carbocycles. The number of hydrogen-bond donors (Lipinski definition) is 0. The third-order valence-electron chi connectivity index (χ3n) is 4.56. The minimum atomic E-state index is -0.311. The van der Waals surface area contributed by atoms with Crippen LogP contribution in [0, 0.1) is 0 Å². The zero-order valence-electron chi connectivity index (χ0n) is 15.9. The Bertz CT molecular complexity index is 1300. The van der Waals surface area contributed by atoms with Crippen molar-refractivity contribution in [2.24, 2.45) is 4.99 Å². The summed E-state index contributed by atoms with van der Waals surface area (Å²) in [5.41, 5.74) is 1.52. The van der Waals surface area contributed by atoms with Crippen molar-refractivity contribution < 1.29 is 9.53 Å². The summed E-state index contributed by atoms with van der Waals surface area (Å²) in [6.07, 6.45) is 1.81. The van der Waals surface area contributed by atoms with Crippen LogP contribution < -0.4 is 9.54 Å². The monoisotopic (exact) mass is 466 g/mol. The molecule has 29 heavy (non-hydrogen) atoms. The molecule has 0 unspecified atom stereocenters. The van der Waals surface area contributed by atoms with Crippen LogP contribution in [0.1, 0.15) is 17.3 Å². The Kier molecular flexibility index (Phi) is 5.65. The lowest BCUT2D eigenvalue weighted by molar-refractivity contribution is 0.0996. The summed E-state index contributed by atoms with van der Waals surface area (Å²) in [6, 6.07) is 17.6. The highest BCUT2D eigenvalue weighted by atomic mass is 79.9. The molecule has 1 heterocycles. The normalized spacial score (nSPS) is 11.9. The van der Waals surface area contributed by atoms with Gasteiger partial charge in [0.2, 0.25) is 0 Å². The topological polar surface area (TPSA) is 43.6 Å². The smallest absolute Gasteiger partial charge is 0.284 e. The van der Waals surface area contributed by atoms with Gasteiger partial charge in [-0.2, -0.15) is 4.99 Å². The molecule has 0 aliphatic heterocycles. The lowest BCUT2D eigenvalue weighted by atomic mass is 10.0. The number of carbonyl (C=O) groups excluding carboxylic acids is 1. The molecule has 6 heteroatoms. The van der Waals surface area contributed by atoms with E-state index in [1.54, 1.807) is 6.08 Å². The molecule has 1 amide bonds. The van der Waals surface area contributed by atoms with Gasteiger partial charge >= 0.3 is 0 Å². The number of amides is 1. The van der Waals surface area contributed by atoms with E-state index < -0.39 is 0 Å². The van der Waals surface area contributed by atoms with Crippen molar-refractivity contribution in [2.75, 3.05) is 6.61 Å². The maximum Gasteiger partial charge on any atom is 0.284 e. The fourth-order valence-corrected chi connectivity index (χ4v) is 4.92. The largest absolute Gasteiger partial charge is 0.493 e. The first kappa shape index (κ1) is 19.6. The fraction of sp³-hybridized carbons (Fsp3) is 0.130. The Labute approximate surface area is 180 Å². The Morgan fingerprint density at radius 1 is 1.24 bits per heavy atom. The van der Waals surface area contributed by atoms with Crippen LogP contribution in [0.15, 0.2) is 76.7 Å². The number of ether oxygens (including phenoxy) is 1. The number of allylic oxidation sites excluding steroid dienone is 1. The number of halogens is 1. The van der Waals surface area contributed by atoms with Crippen molar-refractivity contribution in [3.05, 3.63) is 82.1 Å². The number of hydrogen-bond acceptors (Lipinski definition) is 3. The maximum atomic E-state index is 13.3. The Morgan fingerprint density at radius 2 is 2.07 bits per heavy atom. The van der Waals surface area contributed by atoms with Crippen molar-refractivity contribution in [3.63, 3.8) is 0 Å². The van der Waals surface area contributed by atoms with Crippen LogP contribution in [-0.4, -0.2) is 17.1 Å². The molecule has 0 aliphatic carbocycles. The average Bonchev–Trinajstić information content (AvgIpc) is 3.04. The van der Waals surface area contributed by atoms with Crippen LogP contribution in [-0.2, 0) is 6.54 Å². The maximum absolute atomic E-state index is 13.3. The van der Waals surface area contributed by atoms with Crippen LogP contribution in [0.3, 0.4) is 0 Å². The molecule has 0 radical (unpaired) electrons. The lowest BCUT2D eigenvalue weighted by Crippen LogP contribution is -2.16. The molecule has 0 bridgehead atoms. The molecular weight excluding hydrogens is 448 g/mol. The fourth-order valence-electron chi connectivity index (χ4n) is 3.33. The summed E-state index contributed by atoms with van der Waals surface area (Å²) in [6.45, 7) is 6.80. The average molecular weight is 467 g/mol. The Morgan fingerprint density at radius 3 is 2.86 bits per heavy atom. The van der Waals surface area contributed by atoms with E-state index in [-0.39, 0.29) is 5.91 Å². The van der Waals surface area contributed by atoms with E-state index in [0.29, 0.717) is 29.3 Å². The zero-order valence-corrected chi connectivity index (χ0v) is 18.3. The quantitative estimate of drug-likeness (QED) is 0.341. The van der Waals surface area contributed by atoms with E-state index in [0.717, 1.165) is 25.5 Å². The van der Waals surface area contributed by atoms with Crippen molar-refractivity contribution >= 4 is 54.2 Å². The first-order valence-electron chi connectivity index (χ1n) is 9.25. The molecule has 0 spiro atoms. The predicted molar refractivity (Wildman–Crippen MR) is 123 cm³/mol. The third-order valence-corrected chi connectivity index (χ3v) is 6.09. The predicted octanol–water partition coefficient (Wildman–Crippen LogP) is 5.94. The molecule has 146 valence electrons. The van der Waals surface area contributed by atoms with Crippen molar-refractivity contribution in [1.29, 1.82) is 0 Å². The van der Waals surface area contributed by atoms with Crippen LogP contribution in [0.4, 0.5) is 0 Å². The number of benzene rings is 3. The molecule has 0 aliphatic rings. The summed E-state index contributed by atoms with van der Waals surface area (Å²) < 4.78 is 9.79. The zero-order chi connectivity index (χ0) is 20.4. The summed E-state index contributed by atoms with van der Waals surface area (Å²) in [5, 5.41) is 1.82. The van der Waals surface area contributed by atoms with Gasteiger partial charge in [0.05, 0.1) is 22.4 Å². The molecule has 1 aromatic heterocycles. The van der Waals surface area contributed by atoms with Crippen molar-refractivity contribution in [2.45, 2.75) is 13.5 Å². The molecule has 0 N–H and O–H groups in total. The van der Waals surface area contributed by atoms with E-state index in [1.807, 2.05) is 66.1 Å². The SMILES string of the molecule is C=CCn1c(=NC(=O)c2c(OCC)ccc3ccccc23)sc2cc(Br)ccc21. The van der Waals surface area contributed by atoms with E-state index in [1.165, 1.54) is 11.3 Å². The van der Waals surface area contributed by atoms with Gasteiger partial charge in [-0.15, -0.1) is 6.58 Å². The first-order chi connectivity index (χ1) is 14.1. The van der Waals surface area contributed by atoms with Crippen LogP contribution in [0.2, 0.25) is 0 Å². The number of fused-ring (bicyclic) bond motifs is 2. The first-order valence-corrected chi connectivity index (χ1v) is 10.9. The number of rotatable bonds is 5. The second-order valence-electron chi connectivity index (χ2n) is 6.41. The van der Waals surface area contributed by atoms with Crippen molar-refractivity contribution in [1.82, 2.24) is 4.57 Å². The van der Waals surface area contributed by atoms with Gasteiger partial charge in [0.25, 0.3) is 5.91 Å². The van der Waals surface area contributed by atoms with E-state index in [4.69, 9.17) is 4.74 Å². The molecule has 4 aromatic rings. The summed E-state index contributed by atoms with van der Waals surface area (Å²) in [4.78, 5) is 18.5. The minimum Gasteiger partial charge on any atom is -0.493 e. The van der Waals surface area contributed by atoms with Gasteiger partial charge in [-0.3, -0.25) is 4.79 Å². The van der Waals surface area contributed by atoms with E-state index in [9.17, 15) is 4.79 Å². The standard InChI is InChI=1S/C23H19BrN2O2S/c1-3-13-26-18-11-10-16(24)14-20(18)29-23(26)25-22(27)21-17-8-6-5-7-15(17)9-12-19(21)28-4-2/h3,5-12,14H,1,4,13H2,2H3. The third kappa shape index (κ3) is 3.78. The number of aromatic nitrogens is 1. The Hall–Kier alpha value is -2.70. The van der Waals surface area contributed by atoms with Gasteiger partial charge in [0.1, 0.15) is 5.75 Å². The van der Waals surface area contributed by atoms with Crippen LogP contribution in [0.25, 0.3) is 21.0 Å². The highest BCUT2D eigenvalue weighted by Crippen LogP contribution is 2.29. The van der Waals surface area contributed by atoms with Gasteiger partial charge < -0.3 is 9.30 Å². The van der Waals surface area contributed by atoms with Crippen molar-refractivity contribution in [3.8, 4) is 5.75 Å². The van der Waals surface area contributed by atoms with Gasteiger partial charge in [-0.25, -0.2) is 0 Å². The Balaban J connectivity index is 1.94. The second kappa shape index (κ2) is 8.35. The molecule has 4 nitrogen and oxygen atoms in total. The summed E-state index contributed by atoms with van der Waals surface area (Å²) in [7, 11) is 0. The van der Waals surface area contributed by atoms with Crippen LogP contribution >= 0.6 is 27.3 Å². The lowest BCUT2D eigenvalue weighted by Gasteiger charge is -2.10. The molecule has 0 saturated carbocycles. The van der Waals surface area contributed by atoms with Gasteiger partial charge in [0.15, 0.2) is 4.80 Å². The summed E-state index contributed by atoms with van der Waals surface area (Å²) >= 11 is 4.99. The molecular formula is C23H19BrN2O2S. The molecule has 0 fully saturated rings. The van der Waals surface area contributed by atoms with Crippen LogP contribution in [0.5, 0.6) is 5.75 Å². The van der Waals surface area contributed by atoms with E-state index >= 15 is 0 Å². The number of nitrogens with zero attached hydrogens (tertiary/aromatic N) is 2. The second-order valence-corrected chi connectivity index (χ2v) is 8.33. The molecule has 0 atom stereocenters. The van der Waals surface area contributed by atoms with E-state index in [2.05, 4.69) is 27.5 Å². The van der Waals surface area contributed by atoms with Gasteiger partial charge in [-0.1, -0.05) is 63.7 Å². The molecule has 4 rings (SSSR count).